The van der Waals surface area contributed by atoms with E-state index in [1.807, 2.05) is 26.0 Å². The van der Waals surface area contributed by atoms with Gasteiger partial charge in [-0.2, -0.15) is 0 Å². The maximum absolute atomic E-state index is 6.55. The lowest BCUT2D eigenvalue weighted by Gasteiger charge is -2.44. The third-order valence-electron chi connectivity index (χ3n) is 7.12. The van der Waals surface area contributed by atoms with Gasteiger partial charge in [0.05, 0.1) is 0 Å². The molecule has 1 heterocycles. The summed E-state index contributed by atoms with van der Waals surface area (Å²) in [4.78, 5) is 2.74. The molecule has 0 aromatic heterocycles. The van der Waals surface area contributed by atoms with Gasteiger partial charge in [-0.15, -0.1) is 0 Å². The van der Waals surface area contributed by atoms with Crippen molar-refractivity contribution >= 4 is 17.3 Å². The van der Waals surface area contributed by atoms with E-state index < -0.39 is 0 Å². The summed E-state index contributed by atoms with van der Waals surface area (Å²) >= 11 is 6.55. The number of nitrogens with one attached hydrogen (secondary N) is 1. The molecule has 0 amide bonds. The molecule has 0 bridgehead atoms. The highest BCUT2D eigenvalue weighted by Crippen LogP contribution is 2.33. The quantitative estimate of drug-likeness (QED) is 0.483. The molecule has 3 heteroatoms. The summed E-state index contributed by atoms with van der Waals surface area (Å²) in [5.41, 5.74) is 9.60. The van der Waals surface area contributed by atoms with Crippen LogP contribution in [0.1, 0.15) is 76.1 Å². The first-order chi connectivity index (χ1) is 16.0. The van der Waals surface area contributed by atoms with Crippen LogP contribution < -0.4 is 5.32 Å². The summed E-state index contributed by atoms with van der Waals surface area (Å²) < 4.78 is 0. The van der Waals surface area contributed by atoms with Gasteiger partial charge in [0.2, 0.25) is 0 Å². The lowest BCUT2D eigenvalue weighted by atomic mass is 9.83. The molecule has 1 aliphatic carbocycles. The summed E-state index contributed by atoms with van der Waals surface area (Å²) in [6, 6.07) is 15.9. The van der Waals surface area contributed by atoms with Crippen LogP contribution in [-0.4, -0.2) is 23.5 Å². The third kappa shape index (κ3) is 5.73. The standard InChI is InChI=1S/C28H35ClN2.C2H6/c1-5-9-27(24-12-6-7-13-26(24)29)30-28-20(3)16-17-31(21(28)4)23-15-14-22-11-8-10-19(2)25(22)18-23;1-2/h6-13,21,23,30H,5,14-18H2,1-4H3;1-2H3/b27-9+;. The second-order valence-electron chi connectivity index (χ2n) is 9.10. The number of rotatable bonds is 5. The molecular weight excluding hydrogens is 424 g/mol. The number of hydrogen-bond acceptors (Lipinski definition) is 2. The number of halogens is 1. The van der Waals surface area contributed by atoms with Gasteiger partial charge in [0.1, 0.15) is 0 Å². The average molecular weight is 465 g/mol. The second kappa shape index (κ2) is 11.9. The van der Waals surface area contributed by atoms with Gasteiger partial charge in [-0.25, -0.2) is 0 Å². The first kappa shape index (κ1) is 25.6. The number of hydrogen-bond donors (Lipinski definition) is 1. The Bertz CT molecular complexity index is 1000. The number of nitrogens with zero attached hydrogens (tertiary/aromatic N) is 1. The molecule has 0 spiro atoms. The van der Waals surface area contributed by atoms with E-state index >= 15 is 0 Å². The van der Waals surface area contributed by atoms with Crippen molar-refractivity contribution < 1.29 is 0 Å². The topological polar surface area (TPSA) is 15.3 Å². The van der Waals surface area contributed by atoms with Crippen molar-refractivity contribution in [2.24, 2.45) is 0 Å². The van der Waals surface area contributed by atoms with Crippen LogP contribution in [0.5, 0.6) is 0 Å². The zero-order valence-electron chi connectivity index (χ0n) is 21.3. The first-order valence-corrected chi connectivity index (χ1v) is 13.1. The number of fused-ring (bicyclic) bond motifs is 1. The van der Waals surface area contributed by atoms with Crippen LogP contribution in [-0.2, 0) is 12.8 Å². The van der Waals surface area contributed by atoms with E-state index in [0.29, 0.717) is 12.1 Å². The zero-order chi connectivity index (χ0) is 24.0. The lowest BCUT2D eigenvalue weighted by molar-refractivity contribution is 0.136. The van der Waals surface area contributed by atoms with Gasteiger partial charge in [0, 0.05) is 40.6 Å². The van der Waals surface area contributed by atoms with E-state index in [2.05, 4.69) is 74.3 Å². The van der Waals surface area contributed by atoms with E-state index in [4.69, 9.17) is 11.6 Å². The van der Waals surface area contributed by atoms with Gasteiger partial charge in [-0.05, 0) is 75.6 Å². The van der Waals surface area contributed by atoms with Gasteiger partial charge in [-0.3, -0.25) is 4.90 Å². The van der Waals surface area contributed by atoms with Crippen LogP contribution in [0.25, 0.3) is 5.70 Å². The molecule has 2 aliphatic rings. The molecule has 178 valence electrons. The Labute approximate surface area is 206 Å². The minimum Gasteiger partial charge on any atom is -0.357 e. The van der Waals surface area contributed by atoms with Crippen molar-refractivity contribution in [3.8, 4) is 0 Å². The minimum absolute atomic E-state index is 0.368. The molecule has 2 aromatic rings. The van der Waals surface area contributed by atoms with Crippen LogP contribution >= 0.6 is 11.6 Å². The zero-order valence-corrected chi connectivity index (χ0v) is 22.1. The van der Waals surface area contributed by atoms with E-state index in [9.17, 15) is 0 Å². The number of aryl methyl sites for hydroxylation is 2. The van der Waals surface area contributed by atoms with Crippen molar-refractivity contribution in [2.45, 2.75) is 85.7 Å². The Morgan fingerprint density at radius 2 is 1.85 bits per heavy atom. The predicted octanol–water partition coefficient (Wildman–Crippen LogP) is 7.94. The van der Waals surface area contributed by atoms with Crippen LogP contribution in [0.3, 0.4) is 0 Å². The predicted molar refractivity (Wildman–Crippen MR) is 145 cm³/mol. The fraction of sp³-hybridized carbons (Fsp3) is 0.467. The Kier molecular flexibility index (Phi) is 9.23. The molecule has 0 fully saturated rings. The van der Waals surface area contributed by atoms with Crippen molar-refractivity contribution in [1.29, 1.82) is 0 Å². The summed E-state index contributed by atoms with van der Waals surface area (Å²) in [7, 11) is 0. The molecule has 1 aliphatic heterocycles. The van der Waals surface area contributed by atoms with Gasteiger partial charge >= 0.3 is 0 Å². The second-order valence-corrected chi connectivity index (χ2v) is 9.51. The molecule has 4 rings (SSSR count). The maximum atomic E-state index is 6.55. The Hall–Kier alpha value is -2.03. The van der Waals surface area contributed by atoms with E-state index in [1.54, 1.807) is 11.1 Å². The monoisotopic (exact) mass is 464 g/mol. The molecule has 33 heavy (non-hydrogen) atoms. The highest BCUT2D eigenvalue weighted by atomic mass is 35.5. The first-order valence-electron chi connectivity index (χ1n) is 12.7. The molecular formula is C30H41ClN2. The van der Waals surface area contributed by atoms with Crippen molar-refractivity contribution in [3.05, 3.63) is 87.1 Å². The fourth-order valence-corrected chi connectivity index (χ4v) is 5.58. The molecule has 2 nitrogen and oxygen atoms in total. The van der Waals surface area contributed by atoms with Crippen molar-refractivity contribution in [2.75, 3.05) is 6.54 Å². The molecule has 1 N–H and O–H groups in total. The Balaban J connectivity index is 0.00000149. The summed E-state index contributed by atoms with van der Waals surface area (Å²) in [5, 5.41) is 4.63. The van der Waals surface area contributed by atoms with E-state index in [-0.39, 0.29) is 0 Å². The van der Waals surface area contributed by atoms with Gasteiger partial charge in [-0.1, -0.05) is 80.4 Å². The van der Waals surface area contributed by atoms with Crippen LogP contribution in [0.4, 0.5) is 0 Å². The molecule has 0 saturated heterocycles. The molecule has 0 saturated carbocycles. The highest BCUT2D eigenvalue weighted by Gasteiger charge is 2.33. The van der Waals surface area contributed by atoms with Crippen LogP contribution in [0.2, 0.25) is 5.02 Å². The Morgan fingerprint density at radius 1 is 1.09 bits per heavy atom. The fourth-order valence-electron chi connectivity index (χ4n) is 5.35. The minimum atomic E-state index is 0.368. The SMILES string of the molecule is CC.CC/C=C(/NC1=C(C)CCN(C2CCc3cccc(C)c3C2)C1C)c1ccccc1Cl. The van der Waals surface area contributed by atoms with E-state index in [1.165, 1.54) is 36.1 Å². The summed E-state index contributed by atoms with van der Waals surface area (Å²) in [6.45, 7) is 14.2. The molecule has 2 unspecified atom stereocenters. The largest absolute Gasteiger partial charge is 0.357 e. The Morgan fingerprint density at radius 3 is 2.58 bits per heavy atom. The summed E-state index contributed by atoms with van der Waals surface area (Å²) in [5.74, 6) is 0. The van der Waals surface area contributed by atoms with Gasteiger partial charge < -0.3 is 5.32 Å². The normalized spacial score (nSPS) is 21.2. The summed E-state index contributed by atoms with van der Waals surface area (Å²) in [6.07, 6.45) is 7.95. The lowest BCUT2D eigenvalue weighted by Crippen LogP contribution is -2.50. The average Bonchev–Trinajstić information content (AvgIpc) is 2.83. The molecule has 0 radical (unpaired) electrons. The van der Waals surface area contributed by atoms with Gasteiger partial charge in [0.25, 0.3) is 0 Å². The third-order valence-corrected chi connectivity index (χ3v) is 7.45. The van der Waals surface area contributed by atoms with Crippen LogP contribution in [0, 0.1) is 6.92 Å². The van der Waals surface area contributed by atoms with Gasteiger partial charge in [0.15, 0.2) is 0 Å². The molecule has 2 aromatic carbocycles. The van der Waals surface area contributed by atoms with Crippen molar-refractivity contribution in [1.82, 2.24) is 10.2 Å². The number of benzene rings is 2. The maximum Gasteiger partial charge on any atom is 0.0499 e. The molecule has 2 atom stereocenters. The highest BCUT2D eigenvalue weighted by molar-refractivity contribution is 6.32. The number of allylic oxidation sites excluding steroid dienone is 1. The van der Waals surface area contributed by atoms with Crippen molar-refractivity contribution in [3.63, 3.8) is 0 Å². The van der Waals surface area contributed by atoms with E-state index in [0.717, 1.165) is 35.7 Å². The smallest absolute Gasteiger partial charge is 0.0499 e. The van der Waals surface area contributed by atoms with Crippen LogP contribution in [0.15, 0.2) is 59.8 Å².